The van der Waals surface area contributed by atoms with Gasteiger partial charge in [0, 0.05) is 0 Å². The second kappa shape index (κ2) is 5.22. The van der Waals surface area contributed by atoms with Crippen molar-refractivity contribution in [3.8, 4) is 0 Å². The summed E-state index contributed by atoms with van der Waals surface area (Å²) < 4.78 is 0. The van der Waals surface area contributed by atoms with Gasteiger partial charge in [-0.25, -0.2) is 0 Å². The Morgan fingerprint density at radius 2 is 1.94 bits per heavy atom. The van der Waals surface area contributed by atoms with Crippen molar-refractivity contribution in [1.29, 1.82) is 0 Å². The van der Waals surface area contributed by atoms with Gasteiger partial charge in [0.1, 0.15) is 0 Å². The maximum Gasteiger partial charge on any atom is -0.00436 e. The Morgan fingerprint density at radius 1 is 1.24 bits per heavy atom. The van der Waals surface area contributed by atoms with E-state index in [1.54, 1.807) is 11.1 Å². The lowest BCUT2D eigenvalue weighted by atomic mass is 9.71. The SMILES string of the molecule is CNCCC(C)(C)c1ccccc1C1CCC1. The largest absolute Gasteiger partial charge is 0.320 e. The van der Waals surface area contributed by atoms with Crippen molar-refractivity contribution in [2.75, 3.05) is 13.6 Å². The first-order valence-corrected chi connectivity index (χ1v) is 6.89. The van der Waals surface area contributed by atoms with Crippen molar-refractivity contribution >= 4 is 0 Å². The number of benzene rings is 1. The normalized spacial score (nSPS) is 16.9. The van der Waals surface area contributed by atoms with Gasteiger partial charge in [-0.3, -0.25) is 0 Å². The summed E-state index contributed by atoms with van der Waals surface area (Å²) in [6, 6.07) is 9.08. The van der Waals surface area contributed by atoms with Gasteiger partial charge in [-0.1, -0.05) is 44.5 Å². The maximum atomic E-state index is 3.27. The molecule has 1 aromatic rings. The molecule has 0 atom stereocenters. The zero-order chi connectivity index (χ0) is 12.3. The summed E-state index contributed by atoms with van der Waals surface area (Å²) in [6.45, 7) is 5.84. The van der Waals surface area contributed by atoms with E-state index in [0.717, 1.165) is 12.5 Å². The Labute approximate surface area is 106 Å². The lowest BCUT2D eigenvalue weighted by molar-refractivity contribution is 0.400. The van der Waals surface area contributed by atoms with Crippen LogP contribution in [0.25, 0.3) is 0 Å². The first-order valence-electron chi connectivity index (χ1n) is 6.89. The van der Waals surface area contributed by atoms with Crippen LogP contribution in [0.15, 0.2) is 24.3 Å². The predicted octanol–water partition coefficient (Wildman–Crippen LogP) is 3.84. The Balaban J connectivity index is 2.23. The highest BCUT2D eigenvalue weighted by Crippen LogP contribution is 2.41. The van der Waals surface area contributed by atoms with E-state index in [2.05, 4.69) is 43.4 Å². The maximum absolute atomic E-state index is 3.27. The molecule has 0 spiro atoms. The van der Waals surface area contributed by atoms with Crippen LogP contribution in [0, 0.1) is 0 Å². The monoisotopic (exact) mass is 231 g/mol. The minimum atomic E-state index is 0.287. The van der Waals surface area contributed by atoms with Crippen LogP contribution in [0.5, 0.6) is 0 Å². The molecule has 1 aliphatic carbocycles. The zero-order valence-corrected chi connectivity index (χ0v) is 11.4. The molecule has 0 bridgehead atoms. The summed E-state index contributed by atoms with van der Waals surface area (Å²) in [5.74, 6) is 0.833. The topological polar surface area (TPSA) is 12.0 Å². The summed E-state index contributed by atoms with van der Waals surface area (Å²) >= 11 is 0. The van der Waals surface area contributed by atoms with Crippen LogP contribution in [0.4, 0.5) is 0 Å². The van der Waals surface area contributed by atoms with Crippen molar-refractivity contribution in [3.63, 3.8) is 0 Å². The summed E-state index contributed by atoms with van der Waals surface area (Å²) in [4.78, 5) is 0. The van der Waals surface area contributed by atoms with Crippen molar-refractivity contribution < 1.29 is 0 Å². The van der Waals surface area contributed by atoms with E-state index in [-0.39, 0.29) is 5.41 Å². The second-order valence-electron chi connectivity index (χ2n) is 5.95. The van der Waals surface area contributed by atoms with Gasteiger partial charge in [0.15, 0.2) is 0 Å². The van der Waals surface area contributed by atoms with Crippen LogP contribution in [0.2, 0.25) is 0 Å². The molecule has 0 saturated heterocycles. The molecule has 1 fully saturated rings. The Kier molecular flexibility index (Phi) is 3.88. The fourth-order valence-corrected chi connectivity index (χ4v) is 2.76. The first kappa shape index (κ1) is 12.6. The molecule has 0 radical (unpaired) electrons. The Hall–Kier alpha value is -0.820. The molecule has 0 amide bonds. The summed E-state index contributed by atoms with van der Waals surface area (Å²) in [5.41, 5.74) is 3.47. The highest BCUT2D eigenvalue weighted by molar-refractivity contribution is 5.37. The van der Waals surface area contributed by atoms with Crippen molar-refractivity contribution in [2.24, 2.45) is 0 Å². The van der Waals surface area contributed by atoms with Gasteiger partial charge in [-0.2, -0.15) is 0 Å². The fraction of sp³-hybridized carbons (Fsp3) is 0.625. The summed E-state index contributed by atoms with van der Waals surface area (Å²) in [7, 11) is 2.04. The average Bonchev–Trinajstić information content (AvgIpc) is 2.25. The van der Waals surface area contributed by atoms with Gasteiger partial charge < -0.3 is 5.32 Å². The molecule has 94 valence electrons. The predicted molar refractivity (Wildman–Crippen MR) is 74.6 cm³/mol. The van der Waals surface area contributed by atoms with Crippen molar-refractivity contribution in [3.05, 3.63) is 35.4 Å². The molecule has 2 rings (SSSR count). The minimum Gasteiger partial charge on any atom is -0.320 e. The molecule has 1 heteroatoms. The third-order valence-electron chi connectivity index (χ3n) is 4.23. The molecular weight excluding hydrogens is 206 g/mol. The van der Waals surface area contributed by atoms with Crippen molar-refractivity contribution in [2.45, 2.75) is 50.9 Å². The third-order valence-corrected chi connectivity index (χ3v) is 4.23. The average molecular weight is 231 g/mol. The lowest BCUT2D eigenvalue weighted by Crippen LogP contribution is -2.26. The molecule has 1 nitrogen and oxygen atoms in total. The van der Waals surface area contributed by atoms with E-state index in [1.807, 2.05) is 7.05 Å². The number of nitrogens with one attached hydrogen (secondary N) is 1. The van der Waals surface area contributed by atoms with Gasteiger partial charge >= 0.3 is 0 Å². The minimum absolute atomic E-state index is 0.287. The number of hydrogen-bond donors (Lipinski definition) is 1. The molecule has 0 aromatic heterocycles. The summed E-state index contributed by atoms with van der Waals surface area (Å²) in [5, 5.41) is 3.27. The lowest BCUT2D eigenvalue weighted by Gasteiger charge is -2.34. The van der Waals surface area contributed by atoms with E-state index < -0.39 is 0 Å². The molecular formula is C16H25N. The zero-order valence-electron chi connectivity index (χ0n) is 11.4. The van der Waals surface area contributed by atoms with E-state index in [9.17, 15) is 0 Å². The Morgan fingerprint density at radius 3 is 2.53 bits per heavy atom. The van der Waals surface area contributed by atoms with Crippen LogP contribution in [0.3, 0.4) is 0 Å². The van der Waals surface area contributed by atoms with E-state index >= 15 is 0 Å². The molecule has 17 heavy (non-hydrogen) atoms. The van der Waals surface area contributed by atoms with E-state index in [4.69, 9.17) is 0 Å². The number of rotatable bonds is 5. The van der Waals surface area contributed by atoms with Crippen LogP contribution in [-0.2, 0) is 5.41 Å². The highest BCUT2D eigenvalue weighted by atomic mass is 14.8. The molecule has 1 N–H and O–H groups in total. The van der Waals surface area contributed by atoms with Crippen LogP contribution in [0.1, 0.15) is 56.6 Å². The standard InChI is InChI=1S/C16H25N/c1-16(2,11-12-17-3)15-10-5-4-9-14(15)13-7-6-8-13/h4-5,9-10,13,17H,6-8,11-12H2,1-3H3. The van der Waals surface area contributed by atoms with Crippen molar-refractivity contribution in [1.82, 2.24) is 5.32 Å². The number of hydrogen-bond acceptors (Lipinski definition) is 1. The van der Waals surface area contributed by atoms with E-state index in [1.165, 1.54) is 25.7 Å². The smallest absolute Gasteiger partial charge is 0.00436 e. The van der Waals surface area contributed by atoms with Gasteiger partial charge in [0.2, 0.25) is 0 Å². The molecule has 0 heterocycles. The Bertz CT molecular complexity index is 364. The van der Waals surface area contributed by atoms with Crippen LogP contribution < -0.4 is 5.32 Å². The van der Waals surface area contributed by atoms with E-state index in [0.29, 0.717) is 0 Å². The fourth-order valence-electron chi connectivity index (χ4n) is 2.76. The van der Waals surface area contributed by atoms with Gasteiger partial charge in [0.05, 0.1) is 0 Å². The van der Waals surface area contributed by atoms with Crippen LogP contribution >= 0.6 is 0 Å². The molecule has 0 aliphatic heterocycles. The molecule has 1 aromatic carbocycles. The molecule has 0 unspecified atom stereocenters. The summed E-state index contributed by atoms with van der Waals surface area (Å²) in [6.07, 6.45) is 5.39. The van der Waals surface area contributed by atoms with Gasteiger partial charge in [0.25, 0.3) is 0 Å². The van der Waals surface area contributed by atoms with Gasteiger partial charge in [-0.05, 0) is 55.3 Å². The third kappa shape index (κ3) is 2.71. The highest BCUT2D eigenvalue weighted by Gasteiger charge is 2.28. The van der Waals surface area contributed by atoms with Crippen LogP contribution in [-0.4, -0.2) is 13.6 Å². The molecule has 1 aliphatic rings. The van der Waals surface area contributed by atoms with Gasteiger partial charge in [-0.15, -0.1) is 0 Å². The molecule has 1 saturated carbocycles. The second-order valence-corrected chi connectivity index (χ2v) is 5.95. The first-order chi connectivity index (χ1) is 8.15. The quantitative estimate of drug-likeness (QED) is 0.812.